The van der Waals surface area contributed by atoms with Crippen LogP contribution in [0.15, 0.2) is 38.3 Å². The number of fused-ring (bicyclic) bond motifs is 1. The lowest BCUT2D eigenvalue weighted by Gasteiger charge is -2.16. The normalized spacial score (nSPS) is 16.3. The predicted octanol–water partition coefficient (Wildman–Crippen LogP) is 4.03. The van der Waals surface area contributed by atoms with Gasteiger partial charge in [0.15, 0.2) is 0 Å². The number of rotatable bonds is 4. The lowest BCUT2D eigenvalue weighted by molar-refractivity contribution is -0.140. The second-order valence-corrected chi connectivity index (χ2v) is 6.85. The van der Waals surface area contributed by atoms with Gasteiger partial charge in [-0.15, -0.1) is 5.11 Å². The third kappa shape index (κ3) is 3.43. The van der Waals surface area contributed by atoms with Gasteiger partial charge in [-0.05, 0) is 31.0 Å². The van der Waals surface area contributed by atoms with E-state index in [1.165, 1.54) is 0 Å². The molecule has 0 saturated carbocycles. The second kappa shape index (κ2) is 7.67. The molecule has 1 aliphatic rings. The van der Waals surface area contributed by atoms with Gasteiger partial charge in [0, 0.05) is 21.8 Å². The van der Waals surface area contributed by atoms with Crippen LogP contribution in [-0.2, 0) is 11.2 Å². The van der Waals surface area contributed by atoms with Crippen LogP contribution >= 0.6 is 34.8 Å². The summed E-state index contributed by atoms with van der Waals surface area (Å²) in [5.41, 5.74) is 0.797. The van der Waals surface area contributed by atoms with Gasteiger partial charge in [0.1, 0.15) is 17.4 Å². The van der Waals surface area contributed by atoms with Crippen LogP contribution in [0.4, 0.5) is 5.69 Å². The highest BCUT2D eigenvalue weighted by molar-refractivity contribution is 6.40. The summed E-state index contributed by atoms with van der Waals surface area (Å²) in [6, 6.07) is 3.75. The molecule has 0 radical (unpaired) electrons. The van der Waals surface area contributed by atoms with E-state index in [0.717, 1.165) is 10.9 Å². The molecule has 3 rings (SSSR count). The number of aliphatic carboxylic acids is 1. The largest absolute Gasteiger partial charge is 0.480 e. The van der Waals surface area contributed by atoms with Gasteiger partial charge in [-0.2, -0.15) is 0 Å². The average Bonchev–Trinajstić information content (AvgIpc) is 3.08. The van der Waals surface area contributed by atoms with Crippen LogP contribution in [0.5, 0.6) is 0 Å². The number of aromatic nitrogens is 1. The SMILES string of the molecule is NN=NC=Nc1ccc(Cl)cc1-c1c(Cl)c2n(c(=O)c1Cl)[C@H](C(=O)O)CC2. The summed E-state index contributed by atoms with van der Waals surface area (Å²) in [5, 5.41) is 16.2. The fourth-order valence-electron chi connectivity index (χ4n) is 3.05. The molecule has 0 unspecified atom stereocenters. The van der Waals surface area contributed by atoms with Gasteiger partial charge in [0.05, 0.1) is 10.7 Å². The first-order chi connectivity index (χ1) is 12.9. The van der Waals surface area contributed by atoms with Gasteiger partial charge < -0.3 is 10.9 Å². The highest BCUT2D eigenvalue weighted by Gasteiger charge is 2.34. The van der Waals surface area contributed by atoms with E-state index in [9.17, 15) is 14.7 Å². The smallest absolute Gasteiger partial charge is 0.326 e. The Hall–Kier alpha value is -2.42. The van der Waals surface area contributed by atoms with E-state index in [4.69, 9.17) is 40.6 Å². The summed E-state index contributed by atoms with van der Waals surface area (Å²) >= 11 is 18.9. The lowest BCUT2D eigenvalue weighted by Crippen LogP contribution is -2.28. The number of pyridine rings is 1. The van der Waals surface area contributed by atoms with Crippen molar-refractivity contribution >= 4 is 52.8 Å². The van der Waals surface area contributed by atoms with Gasteiger partial charge in [0.25, 0.3) is 5.56 Å². The Bertz CT molecular complexity index is 1050. The van der Waals surface area contributed by atoms with E-state index >= 15 is 0 Å². The van der Waals surface area contributed by atoms with E-state index in [-0.39, 0.29) is 22.0 Å². The van der Waals surface area contributed by atoms with Crippen LogP contribution in [0.25, 0.3) is 11.1 Å². The molecule has 1 aliphatic heterocycles. The van der Waals surface area contributed by atoms with E-state index in [0.29, 0.717) is 28.4 Å². The number of hydrogen-bond donors (Lipinski definition) is 2. The van der Waals surface area contributed by atoms with Gasteiger partial charge >= 0.3 is 5.97 Å². The van der Waals surface area contributed by atoms with Crippen LogP contribution < -0.4 is 11.4 Å². The van der Waals surface area contributed by atoms with Crippen molar-refractivity contribution in [3.05, 3.63) is 49.3 Å². The van der Waals surface area contributed by atoms with Gasteiger partial charge in [0.2, 0.25) is 0 Å². The molecule has 0 bridgehead atoms. The number of nitrogens with two attached hydrogens (primary N) is 1. The fraction of sp³-hybridized carbons (Fsp3) is 0.188. The minimum Gasteiger partial charge on any atom is -0.480 e. The van der Waals surface area contributed by atoms with Crippen LogP contribution in [0, 0.1) is 0 Å². The summed E-state index contributed by atoms with van der Waals surface area (Å²) in [5.74, 6) is 3.83. The van der Waals surface area contributed by atoms with Gasteiger partial charge in [-0.3, -0.25) is 9.36 Å². The zero-order valence-corrected chi connectivity index (χ0v) is 15.8. The Morgan fingerprint density at radius 3 is 2.70 bits per heavy atom. The Morgan fingerprint density at radius 1 is 1.30 bits per heavy atom. The molecule has 0 saturated heterocycles. The molecule has 1 aromatic heterocycles. The van der Waals surface area contributed by atoms with Crippen molar-refractivity contribution < 1.29 is 9.90 Å². The number of benzene rings is 1. The van der Waals surface area contributed by atoms with Crippen molar-refractivity contribution in [3.8, 4) is 11.1 Å². The maximum atomic E-state index is 12.8. The molecule has 27 heavy (non-hydrogen) atoms. The van der Waals surface area contributed by atoms with Crippen molar-refractivity contribution in [2.24, 2.45) is 21.2 Å². The molecule has 1 aromatic carbocycles. The first kappa shape index (κ1) is 19.3. The maximum absolute atomic E-state index is 12.8. The zero-order valence-electron chi connectivity index (χ0n) is 13.6. The number of halogens is 3. The first-order valence-corrected chi connectivity index (χ1v) is 8.77. The molecular formula is C16H12Cl3N5O3. The van der Waals surface area contributed by atoms with E-state index < -0.39 is 17.6 Å². The number of carboxylic acids is 1. The Morgan fingerprint density at radius 2 is 2.04 bits per heavy atom. The van der Waals surface area contributed by atoms with Gasteiger partial charge in [-0.25, -0.2) is 9.79 Å². The molecule has 11 heteroatoms. The third-order valence-electron chi connectivity index (χ3n) is 4.18. The molecule has 2 heterocycles. The minimum atomic E-state index is -1.11. The Labute approximate surface area is 167 Å². The van der Waals surface area contributed by atoms with Crippen LogP contribution in [0.2, 0.25) is 15.1 Å². The summed E-state index contributed by atoms with van der Waals surface area (Å²) in [6.07, 6.45) is 1.70. The molecule has 140 valence electrons. The van der Waals surface area contributed by atoms with Crippen LogP contribution in [-0.4, -0.2) is 22.0 Å². The quantitative estimate of drug-likeness (QED) is 0.251. The van der Waals surface area contributed by atoms with Crippen LogP contribution in [0.3, 0.4) is 0 Å². The van der Waals surface area contributed by atoms with E-state index in [2.05, 4.69) is 15.3 Å². The second-order valence-electron chi connectivity index (χ2n) is 5.65. The molecule has 0 aliphatic carbocycles. The number of hydrogen-bond acceptors (Lipinski definition) is 4. The molecule has 8 nitrogen and oxygen atoms in total. The zero-order chi connectivity index (χ0) is 19.7. The van der Waals surface area contributed by atoms with Crippen LogP contribution in [0.1, 0.15) is 18.2 Å². The molecule has 0 spiro atoms. The van der Waals surface area contributed by atoms with Crippen molar-refractivity contribution in [3.63, 3.8) is 0 Å². The van der Waals surface area contributed by atoms with E-state index in [1.54, 1.807) is 18.2 Å². The molecule has 2 aromatic rings. The number of aliphatic imine (C=N–C) groups is 1. The molecular weight excluding hydrogens is 417 g/mol. The first-order valence-electron chi connectivity index (χ1n) is 7.64. The molecule has 0 fully saturated rings. The fourth-order valence-corrected chi connectivity index (χ4v) is 3.94. The highest BCUT2D eigenvalue weighted by atomic mass is 35.5. The monoisotopic (exact) mass is 427 g/mol. The maximum Gasteiger partial charge on any atom is 0.326 e. The Kier molecular flexibility index (Phi) is 5.50. The standard InChI is InChI=1S/C16H12Cl3N5O3/c17-7-1-2-9(21-6-22-23-20)8(5-7)12-13(18)10-3-4-11(16(26)27)24(10)15(25)14(12)19/h1-2,5-6,11H,3-4H2,(H,26,27)(H2,20,21,22)/t11-/m0/s1. The lowest BCUT2D eigenvalue weighted by atomic mass is 10.0. The highest BCUT2D eigenvalue weighted by Crippen LogP contribution is 2.43. The average molecular weight is 429 g/mol. The molecule has 0 amide bonds. The predicted molar refractivity (Wildman–Crippen MR) is 103 cm³/mol. The van der Waals surface area contributed by atoms with Crippen molar-refractivity contribution in [1.29, 1.82) is 0 Å². The summed E-state index contributed by atoms with van der Waals surface area (Å²) in [6.45, 7) is 0. The Balaban J connectivity index is 2.29. The number of carboxylic acid groups (broad SMARTS) is 1. The number of nitrogens with zero attached hydrogens (tertiary/aromatic N) is 4. The summed E-state index contributed by atoms with van der Waals surface area (Å²) in [4.78, 5) is 28.3. The minimum absolute atomic E-state index is 0.183. The summed E-state index contributed by atoms with van der Waals surface area (Å²) in [7, 11) is 0. The molecule has 3 N–H and O–H groups in total. The topological polar surface area (TPSA) is 122 Å². The van der Waals surface area contributed by atoms with Crippen molar-refractivity contribution in [2.45, 2.75) is 18.9 Å². The van der Waals surface area contributed by atoms with E-state index in [1.807, 2.05) is 0 Å². The van der Waals surface area contributed by atoms with Gasteiger partial charge in [-0.1, -0.05) is 40.0 Å². The number of carbonyl (C=O) groups is 1. The van der Waals surface area contributed by atoms with Crippen molar-refractivity contribution in [2.75, 3.05) is 0 Å². The third-order valence-corrected chi connectivity index (χ3v) is 5.18. The molecule has 1 atom stereocenters. The van der Waals surface area contributed by atoms with Crippen molar-refractivity contribution in [1.82, 2.24) is 4.57 Å². The summed E-state index contributed by atoms with van der Waals surface area (Å²) < 4.78 is 1.13.